The maximum atomic E-state index is 5.93. The van der Waals surface area contributed by atoms with Gasteiger partial charge in [0.15, 0.2) is 0 Å². The van der Waals surface area contributed by atoms with E-state index in [1.165, 1.54) is 22.7 Å². The summed E-state index contributed by atoms with van der Waals surface area (Å²) in [6.07, 6.45) is 0. The van der Waals surface area contributed by atoms with Crippen LogP contribution in [0.3, 0.4) is 0 Å². The van der Waals surface area contributed by atoms with Crippen LogP contribution in [0.15, 0.2) is 72.8 Å². The molecule has 0 bridgehead atoms. The SMILES string of the molecule is Clc1ccc(Nc2nnc(-c3ccc(-c4nnc(Nc5ccc(Cl)cc5)s4)cc3)s2)cc1. The predicted octanol–water partition coefficient (Wildman–Crippen LogP) is 7.52. The Balaban J connectivity index is 1.27. The van der Waals surface area contributed by atoms with E-state index < -0.39 is 0 Å². The van der Waals surface area contributed by atoms with Gasteiger partial charge in [-0.15, -0.1) is 20.4 Å². The summed E-state index contributed by atoms with van der Waals surface area (Å²) in [5, 5.41) is 28.0. The highest BCUT2D eigenvalue weighted by molar-refractivity contribution is 7.18. The fourth-order valence-corrected chi connectivity index (χ4v) is 4.64. The van der Waals surface area contributed by atoms with Crippen LogP contribution >= 0.6 is 45.9 Å². The van der Waals surface area contributed by atoms with Gasteiger partial charge in [-0.1, -0.05) is 70.1 Å². The van der Waals surface area contributed by atoms with Crippen LogP contribution in [0.5, 0.6) is 0 Å². The molecule has 2 aromatic heterocycles. The molecule has 158 valence electrons. The molecule has 6 nitrogen and oxygen atoms in total. The molecule has 0 unspecified atom stereocenters. The molecule has 0 aliphatic rings. The Morgan fingerprint density at radius 1 is 0.500 bits per heavy atom. The number of nitrogens with one attached hydrogen (secondary N) is 2. The van der Waals surface area contributed by atoms with Crippen LogP contribution in [0.1, 0.15) is 0 Å². The average Bonchev–Trinajstić information content (AvgIpc) is 3.47. The van der Waals surface area contributed by atoms with Gasteiger partial charge in [-0.05, 0) is 48.5 Å². The van der Waals surface area contributed by atoms with Crippen LogP contribution in [0.25, 0.3) is 21.1 Å². The third kappa shape index (κ3) is 4.89. The molecule has 0 saturated carbocycles. The predicted molar refractivity (Wildman–Crippen MR) is 134 cm³/mol. The van der Waals surface area contributed by atoms with Gasteiger partial charge in [0.05, 0.1) is 0 Å². The molecule has 0 aliphatic carbocycles. The lowest BCUT2D eigenvalue weighted by Crippen LogP contribution is -1.88. The van der Waals surface area contributed by atoms with E-state index in [0.29, 0.717) is 20.3 Å². The molecule has 2 N–H and O–H groups in total. The zero-order valence-corrected chi connectivity index (χ0v) is 19.4. The second-order valence-electron chi connectivity index (χ2n) is 6.67. The summed E-state index contributed by atoms with van der Waals surface area (Å²) < 4.78 is 0. The van der Waals surface area contributed by atoms with E-state index in [9.17, 15) is 0 Å². The summed E-state index contributed by atoms with van der Waals surface area (Å²) in [4.78, 5) is 0. The summed E-state index contributed by atoms with van der Waals surface area (Å²) >= 11 is 14.8. The van der Waals surface area contributed by atoms with Crippen molar-refractivity contribution >= 4 is 67.5 Å². The molecule has 5 aromatic rings. The third-order valence-corrected chi connectivity index (χ3v) is 6.70. The molecule has 3 aromatic carbocycles. The van der Waals surface area contributed by atoms with Crippen molar-refractivity contribution < 1.29 is 0 Å². The van der Waals surface area contributed by atoms with Crippen molar-refractivity contribution in [1.29, 1.82) is 0 Å². The van der Waals surface area contributed by atoms with Crippen molar-refractivity contribution in [3.05, 3.63) is 82.8 Å². The topological polar surface area (TPSA) is 75.6 Å². The molecule has 0 aliphatic heterocycles. The highest BCUT2D eigenvalue weighted by Crippen LogP contribution is 2.32. The van der Waals surface area contributed by atoms with Crippen LogP contribution in [0.2, 0.25) is 10.0 Å². The summed E-state index contributed by atoms with van der Waals surface area (Å²) in [5.41, 5.74) is 3.79. The van der Waals surface area contributed by atoms with Gasteiger partial charge in [0, 0.05) is 32.5 Å². The van der Waals surface area contributed by atoms with Crippen molar-refractivity contribution in [2.75, 3.05) is 10.6 Å². The number of hydrogen-bond donors (Lipinski definition) is 2. The first-order valence-electron chi connectivity index (χ1n) is 9.45. The first-order chi connectivity index (χ1) is 15.6. The standard InChI is InChI=1S/C22H14Cl2N6S2/c23-15-5-9-17(10-6-15)25-21-29-27-19(31-21)13-1-2-14(4-3-13)20-28-30-22(32-20)26-18-11-7-16(24)8-12-18/h1-12H,(H,25,29)(H,26,30). The van der Waals surface area contributed by atoms with Crippen molar-refractivity contribution in [2.24, 2.45) is 0 Å². The van der Waals surface area contributed by atoms with E-state index in [1.54, 1.807) is 0 Å². The van der Waals surface area contributed by atoms with Gasteiger partial charge in [-0.2, -0.15) is 0 Å². The number of rotatable bonds is 6. The van der Waals surface area contributed by atoms with Gasteiger partial charge in [0.1, 0.15) is 10.0 Å². The molecule has 0 atom stereocenters. The normalized spacial score (nSPS) is 10.8. The van der Waals surface area contributed by atoms with E-state index in [2.05, 4.69) is 31.0 Å². The maximum absolute atomic E-state index is 5.93. The zero-order valence-electron chi connectivity index (χ0n) is 16.3. The van der Waals surface area contributed by atoms with Crippen LogP contribution < -0.4 is 10.6 Å². The summed E-state index contributed by atoms with van der Waals surface area (Å²) in [6.45, 7) is 0. The van der Waals surface area contributed by atoms with Crippen molar-refractivity contribution in [3.8, 4) is 21.1 Å². The molecule has 10 heteroatoms. The monoisotopic (exact) mass is 496 g/mol. The first kappa shape index (κ1) is 20.8. The smallest absolute Gasteiger partial charge is 0.210 e. The van der Waals surface area contributed by atoms with Crippen molar-refractivity contribution in [1.82, 2.24) is 20.4 Å². The zero-order chi connectivity index (χ0) is 21.9. The Labute approximate surface area is 201 Å². The van der Waals surface area contributed by atoms with E-state index in [1.807, 2.05) is 72.8 Å². The molecule has 0 fully saturated rings. The van der Waals surface area contributed by atoms with E-state index >= 15 is 0 Å². The van der Waals surface area contributed by atoms with Gasteiger partial charge in [-0.25, -0.2) is 0 Å². The second-order valence-corrected chi connectivity index (χ2v) is 9.49. The third-order valence-electron chi connectivity index (χ3n) is 4.42. The molecular formula is C22H14Cl2N6S2. The number of hydrogen-bond acceptors (Lipinski definition) is 8. The summed E-state index contributed by atoms with van der Waals surface area (Å²) in [7, 11) is 0. The van der Waals surface area contributed by atoms with Gasteiger partial charge in [-0.3, -0.25) is 0 Å². The number of nitrogens with zero attached hydrogens (tertiary/aromatic N) is 4. The molecule has 32 heavy (non-hydrogen) atoms. The minimum Gasteiger partial charge on any atom is -0.330 e. The molecule has 5 rings (SSSR count). The fraction of sp³-hybridized carbons (Fsp3) is 0. The Hall–Kier alpha value is -3.04. The van der Waals surface area contributed by atoms with Gasteiger partial charge in [0.25, 0.3) is 0 Å². The van der Waals surface area contributed by atoms with Crippen LogP contribution in [-0.2, 0) is 0 Å². The Kier molecular flexibility index (Phi) is 6.00. The Morgan fingerprint density at radius 3 is 1.25 bits per heavy atom. The van der Waals surface area contributed by atoms with Crippen LogP contribution in [0.4, 0.5) is 21.6 Å². The Bertz CT molecular complexity index is 1230. The minimum atomic E-state index is 0.692. The summed E-state index contributed by atoms with van der Waals surface area (Å²) in [6, 6.07) is 22.9. The molecule has 0 saturated heterocycles. The van der Waals surface area contributed by atoms with Gasteiger partial charge >= 0.3 is 0 Å². The molecule has 0 radical (unpaired) electrons. The molecule has 0 spiro atoms. The number of halogens is 2. The molecule has 0 amide bonds. The quantitative estimate of drug-likeness (QED) is 0.253. The van der Waals surface area contributed by atoms with Crippen LogP contribution in [0, 0.1) is 0 Å². The van der Waals surface area contributed by atoms with Crippen molar-refractivity contribution in [3.63, 3.8) is 0 Å². The van der Waals surface area contributed by atoms with Crippen molar-refractivity contribution in [2.45, 2.75) is 0 Å². The highest BCUT2D eigenvalue weighted by atomic mass is 35.5. The second kappa shape index (κ2) is 9.22. The van der Waals surface area contributed by atoms with Crippen LogP contribution in [-0.4, -0.2) is 20.4 Å². The lowest BCUT2D eigenvalue weighted by molar-refractivity contribution is 1.09. The lowest BCUT2D eigenvalue weighted by atomic mass is 10.1. The number of aromatic nitrogens is 4. The van der Waals surface area contributed by atoms with E-state index in [-0.39, 0.29) is 0 Å². The van der Waals surface area contributed by atoms with E-state index in [0.717, 1.165) is 32.5 Å². The maximum Gasteiger partial charge on any atom is 0.210 e. The first-order valence-corrected chi connectivity index (χ1v) is 11.8. The van der Waals surface area contributed by atoms with Gasteiger partial charge < -0.3 is 10.6 Å². The summed E-state index contributed by atoms with van der Waals surface area (Å²) in [5.74, 6) is 0. The Morgan fingerprint density at radius 2 is 0.875 bits per heavy atom. The largest absolute Gasteiger partial charge is 0.330 e. The number of anilines is 4. The molecular weight excluding hydrogens is 483 g/mol. The minimum absolute atomic E-state index is 0.692. The van der Waals surface area contributed by atoms with E-state index in [4.69, 9.17) is 23.2 Å². The average molecular weight is 497 g/mol. The lowest BCUT2D eigenvalue weighted by Gasteiger charge is -2.01. The van der Waals surface area contributed by atoms with Gasteiger partial charge in [0.2, 0.25) is 10.3 Å². The molecule has 2 heterocycles. The highest BCUT2D eigenvalue weighted by Gasteiger charge is 2.10. The fourth-order valence-electron chi connectivity index (χ4n) is 2.85. The number of benzene rings is 3.